The highest BCUT2D eigenvalue weighted by Gasteiger charge is 2.38. The number of benzene rings is 2. The lowest BCUT2D eigenvalue weighted by Crippen LogP contribution is -2.42. The molecule has 8 heteroatoms. The van der Waals surface area contributed by atoms with Crippen molar-refractivity contribution in [2.75, 3.05) is 6.54 Å². The summed E-state index contributed by atoms with van der Waals surface area (Å²) in [6.07, 6.45) is 0.454. The highest BCUT2D eigenvalue weighted by Crippen LogP contribution is 2.34. The second-order valence-corrected chi connectivity index (χ2v) is 7.63. The molecule has 0 spiro atoms. The zero-order chi connectivity index (χ0) is 18.9. The third-order valence-electron chi connectivity index (χ3n) is 5.15. The minimum atomic E-state index is -0.721. The van der Waals surface area contributed by atoms with Crippen LogP contribution in [0, 0.1) is 0 Å². The average molecular weight is 426 g/mol. The van der Waals surface area contributed by atoms with Crippen LogP contribution < -0.4 is 11.1 Å². The first-order chi connectivity index (χ1) is 13.0. The normalized spacial score (nSPS) is 17.8. The van der Waals surface area contributed by atoms with Gasteiger partial charge in [0.05, 0.1) is 34.7 Å². The molecule has 1 atom stereocenters. The summed E-state index contributed by atoms with van der Waals surface area (Å²) in [7, 11) is 0. The van der Waals surface area contributed by atoms with Gasteiger partial charge >= 0.3 is 11.1 Å². The van der Waals surface area contributed by atoms with Crippen molar-refractivity contribution in [3.05, 3.63) is 78.3 Å². The molecule has 1 N–H and O–H groups in total. The van der Waals surface area contributed by atoms with Crippen LogP contribution in [-0.4, -0.2) is 32.8 Å². The second-order valence-electron chi connectivity index (χ2n) is 6.71. The van der Waals surface area contributed by atoms with Gasteiger partial charge < -0.3 is 4.98 Å². The Morgan fingerprint density at radius 2 is 1.70 bits per heavy atom. The number of fused-ring (bicyclic) bond motifs is 1. The lowest BCUT2D eigenvalue weighted by Gasteiger charge is -2.20. The van der Waals surface area contributed by atoms with Crippen LogP contribution in [-0.2, 0) is 6.42 Å². The van der Waals surface area contributed by atoms with E-state index in [0.29, 0.717) is 28.6 Å². The SMILES string of the molecule is O=C1c2ccccc2C(=O)N1CC1Cc2cc(Br)cc3[nH]c(=O)c(=O)n1c23. The van der Waals surface area contributed by atoms with Crippen LogP contribution in [0.4, 0.5) is 0 Å². The van der Waals surface area contributed by atoms with Crippen molar-refractivity contribution < 1.29 is 9.59 Å². The van der Waals surface area contributed by atoms with Crippen molar-refractivity contribution in [1.82, 2.24) is 14.5 Å². The number of amides is 2. The van der Waals surface area contributed by atoms with E-state index >= 15 is 0 Å². The van der Waals surface area contributed by atoms with E-state index in [1.54, 1.807) is 30.3 Å². The van der Waals surface area contributed by atoms with Crippen LogP contribution in [0.15, 0.2) is 50.5 Å². The van der Waals surface area contributed by atoms with Gasteiger partial charge in [0.15, 0.2) is 0 Å². The van der Waals surface area contributed by atoms with Crippen molar-refractivity contribution in [3.8, 4) is 0 Å². The number of hydrogen-bond acceptors (Lipinski definition) is 4. The predicted molar refractivity (Wildman–Crippen MR) is 101 cm³/mol. The van der Waals surface area contributed by atoms with E-state index in [4.69, 9.17) is 0 Å². The largest absolute Gasteiger partial charge is 0.317 e. The van der Waals surface area contributed by atoms with E-state index in [1.807, 2.05) is 6.07 Å². The molecule has 0 bridgehead atoms. The van der Waals surface area contributed by atoms with Gasteiger partial charge in [0.2, 0.25) is 0 Å². The third kappa shape index (κ3) is 2.19. The fourth-order valence-electron chi connectivity index (χ4n) is 4.03. The quantitative estimate of drug-likeness (QED) is 0.500. The topological polar surface area (TPSA) is 92.2 Å². The van der Waals surface area contributed by atoms with E-state index < -0.39 is 17.2 Å². The van der Waals surface area contributed by atoms with E-state index in [9.17, 15) is 19.2 Å². The lowest BCUT2D eigenvalue weighted by molar-refractivity contribution is 0.0633. The molecule has 1 unspecified atom stereocenters. The number of aromatic amines is 1. The second kappa shape index (κ2) is 5.50. The molecule has 5 rings (SSSR count). The lowest BCUT2D eigenvalue weighted by atomic mass is 10.1. The molecule has 0 radical (unpaired) electrons. The maximum atomic E-state index is 12.7. The van der Waals surface area contributed by atoms with Crippen molar-refractivity contribution in [3.63, 3.8) is 0 Å². The molecule has 1 aromatic heterocycles. The van der Waals surface area contributed by atoms with Gasteiger partial charge in [-0.25, -0.2) is 0 Å². The number of H-pyrrole nitrogens is 1. The smallest absolute Gasteiger partial charge is 0.316 e. The van der Waals surface area contributed by atoms with E-state index in [-0.39, 0.29) is 18.4 Å². The molecular weight excluding hydrogens is 414 g/mol. The summed E-state index contributed by atoms with van der Waals surface area (Å²) in [5.74, 6) is -0.747. The Morgan fingerprint density at radius 1 is 1.04 bits per heavy atom. The summed E-state index contributed by atoms with van der Waals surface area (Å²) in [6, 6.07) is 9.80. The predicted octanol–water partition coefficient (Wildman–Crippen LogP) is 1.85. The molecule has 2 amide bonds. The molecule has 0 aliphatic carbocycles. The molecule has 0 saturated heterocycles. The fraction of sp³-hybridized carbons (Fsp3) is 0.158. The number of aromatic nitrogens is 2. The maximum absolute atomic E-state index is 12.7. The zero-order valence-electron chi connectivity index (χ0n) is 13.9. The van der Waals surface area contributed by atoms with Crippen LogP contribution in [0.1, 0.15) is 32.3 Å². The summed E-state index contributed by atoms with van der Waals surface area (Å²) >= 11 is 3.41. The Balaban J connectivity index is 1.61. The Morgan fingerprint density at radius 3 is 2.37 bits per heavy atom. The van der Waals surface area contributed by atoms with Gasteiger partial charge in [0, 0.05) is 4.47 Å². The van der Waals surface area contributed by atoms with Crippen LogP contribution in [0.25, 0.3) is 11.0 Å². The molecule has 134 valence electrons. The molecule has 2 aromatic carbocycles. The molecule has 2 aliphatic heterocycles. The highest BCUT2D eigenvalue weighted by atomic mass is 79.9. The number of nitrogens with zero attached hydrogens (tertiary/aromatic N) is 2. The average Bonchev–Trinajstić information content (AvgIpc) is 3.11. The van der Waals surface area contributed by atoms with E-state index in [0.717, 1.165) is 14.9 Å². The van der Waals surface area contributed by atoms with Gasteiger partial charge in [-0.3, -0.25) is 28.6 Å². The number of carbonyl (C=O) groups excluding carboxylic acids is 2. The van der Waals surface area contributed by atoms with Gasteiger partial charge in [-0.1, -0.05) is 28.1 Å². The number of carbonyl (C=O) groups is 2. The van der Waals surface area contributed by atoms with E-state index in [1.165, 1.54) is 4.57 Å². The molecule has 3 heterocycles. The Labute approximate surface area is 160 Å². The summed E-state index contributed by atoms with van der Waals surface area (Å²) in [6.45, 7) is 0.0388. The first kappa shape index (κ1) is 16.2. The Kier molecular flexibility index (Phi) is 3.30. The monoisotopic (exact) mass is 425 g/mol. The minimum Gasteiger partial charge on any atom is -0.316 e. The molecule has 0 fully saturated rings. The summed E-state index contributed by atoms with van der Waals surface area (Å²) < 4.78 is 2.20. The summed E-state index contributed by atoms with van der Waals surface area (Å²) in [5, 5.41) is 0. The first-order valence-electron chi connectivity index (χ1n) is 8.38. The zero-order valence-corrected chi connectivity index (χ0v) is 15.4. The maximum Gasteiger partial charge on any atom is 0.317 e. The third-order valence-corrected chi connectivity index (χ3v) is 5.61. The van der Waals surface area contributed by atoms with E-state index in [2.05, 4.69) is 20.9 Å². The molecule has 0 saturated carbocycles. The van der Waals surface area contributed by atoms with Crippen LogP contribution in [0.2, 0.25) is 0 Å². The Hall–Kier alpha value is -3.00. The number of halogens is 1. The fourth-order valence-corrected chi connectivity index (χ4v) is 4.54. The van der Waals surface area contributed by atoms with Crippen LogP contribution in [0.3, 0.4) is 0 Å². The van der Waals surface area contributed by atoms with Crippen molar-refractivity contribution in [2.45, 2.75) is 12.5 Å². The number of nitrogens with one attached hydrogen (secondary N) is 1. The van der Waals surface area contributed by atoms with Gasteiger partial charge in [0.1, 0.15) is 0 Å². The molecule has 27 heavy (non-hydrogen) atoms. The number of imide groups is 1. The molecular formula is C19H12BrN3O4. The Bertz CT molecular complexity index is 1260. The highest BCUT2D eigenvalue weighted by molar-refractivity contribution is 9.10. The van der Waals surface area contributed by atoms with Crippen LogP contribution >= 0.6 is 15.9 Å². The van der Waals surface area contributed by atoms with Gasteiger partial charge in [0.25, 0.3) is 11.8 Å². The van der Waals surface area contributed by atoms with Gasteiger partial charge in [-0.15, -0.1) is 0 Å². The van der Waals surface area contributed by atoms with Crippen molar-refractivity contribution >= 4 is 38.8 Å². The van der Waals surface area contributed by atoms with Gasteiger partial charge in [-0.05, 0) is 36.2 Å². The summed E-state index contributed by atoms with van der Waals surface area (Å²) in [4.78, 5) is 53.7. The van der Waals surface area contributed by atoms with Crippen LogP contribution in [0.5, 0.6) is 0 Å². The standard InChI is InChI=1S/C19H12BrN3O4/c20-10-5-9-6-11(23-15(9)14(7-10)21-16(24)19(23)27)8-22-17(25)12-3-1-2-4-13(12)18(22)26/h1-5,7,11H,6,8H2,(H,21,24). The molecule has 3 aromatic rings. The number of rotatable bonds is 2. The van der Waals surface area contributed by atoms with Crippen molar-refractivity contribution in [1.29, 1.82) is 0 Å². The molecule has 7 nitrogen and oxygen atoms in total. The first-order valence-corrected chi connectivity index (χ1v) is 9.17. The molecule has 2 aliphatic rings. The summed E-state index contributed by atoms with van der Waals surface area (Å²) in [5.41, 5.74) is 1.41. The number of hydrogen-bond donors (Lipinski definition) is 1. The van der Waals surface area contributed by atoms with Gasteiger partial charge in [-0.2, -0.15) is 0 Å². The minimum absolute atomic E-state index is 0.0388. The van der Waals surface area contributed by atoms with Crippen molar-refractivity contribution in [2.24, 2.45) is 0 Å².